The fourth-order valence-electron chi connectivity index (χ4n) is 2.05. The summed E-state index contributed by atoms with van der Waals surface area (Å²) in [5.41, 5.74) is 0.596. The molecule has 0 spiro atoms. The normalized spacial score (nSPS) is 23.4. The molecule has 0 radical (unpaired) electrons. The van der Waals surface area contributed by atoms with Gasteiger partial charge in [0.15, 0.2) is 0 Å². The van der Waals surface area contributed by atoms with Crippen molar-refractivity contribution in [2.24, 2.45) is 0 Å². The van der Waals surface area contributed by atoms with Crippen molar-refractivity contribution in [1.82, 2.24) is 0 Å². The van der Waals surface area contributed by atoms with Gasteiger partial charge in [0, 0.05) is 4.47 Å². The number of ketones is 1. The van der Waals surface area contributed by atoms with Crippen LogP contribution in [0.1, 0.15) is 18.9 Å². The van der Waals surface area contributed by atoms with Gasteiger partial charge in [0.25, 0.3) is 0 Å². The number of carbonyl (C=O) groups is 1. The van der Waals surface area contributed by atoms with Crippen molar-refractivity contribution in [3.8, 4) is 0 Å². The third-order valence-corrected chi connectivity index (χ3v) is 3.58. The average molecular weight is 277 g/mol. The molecule has 1 nitrogen and oxygen atoms in total. The number of allylic oxidation sites excluding steroid dienone is 4. The van der Waals surface area contributed by atoms with E-state index in [0.29, 0.717) is 0 Å². The molecule has 0 amide bonds. The summed E-state index contributed by atoms with van der Waals surface area (Å²) < 4.78 is 1.03. The predicted octanol–water partition coefficient (Wildman–Crippen LogP) is 3.79. The van der Waals surface area contributed by atoms with E-state index >= 15 is 0 Å². The highest BCUT2D eigenvalue weighted by Crippen LogP contribution is 2.34. The maximum absolute atomic E-state index is 11.9. The molecular formula is C14H13BrO. The van der Waals surface area contributed by atoms with Crippen molar-refractivity contribution in [2.45, 2.75) is 18.8 Å². The Morgan fingerprint density at radius 1 is 1.25 bits per heavy atom. The summed E-state index contributed by atoms with van der Waals surface area (Å²) in [4.78, 5) is 11.9. The number of carbonyl (C=O) groups excluding carboxylic acids is 1. The summed E-state index contributed by atoms with van der Waals surface area (Å²) in [5.74, 6) is 0.190. The molecule has 0 fully saturated rings. The van der Waals surface area contributed by atoms with E-state index in [-0.39, 0.29) is 5.78 Å². The van der Waals surface area contributed by atoms with Crippen molar-refractivity contribution < 1.29 is 4.79 Å². The molecule has 0 N–H and O–H groups in total. The van der Waals surface area contributed by atoms with Gasteiger partial charge in [-0.1, -0.05) is 52.4 Å². The van der Waals surface area contributed by atoms with Crippen LogP contribution in [-0.2, 0) is 10.2 Å². The first-order valence-corrected chi connectivity index (χ1v) is 6.06. The van der Waals surface area contributed by atoms with Crippen LogP contribution in [0.5, 0.6) is 0 Å². The van der Waals surface area contributed by atoms with E-state index in [2.05, 4.69) is 15.9 Å². The minimum Gasteiger partial charge on any atom is -0.299 e. The van der Waals surface area contributed by atoms with Gasteiger partial charge >= 0.3 is 0 Å². The van der Waals surface area contributed by atoms with Gasteiger partial charge in [-0.3, -0.25) is 4.79 Å². The van der Waals surface area contributed by atoms with Crippen LogP contribution in [0.2, 0.25) is 0 Å². The second-order valence-corrected chi connectivity index (χ2v) is 4.94. The SMILES string of the molecule is CC(=O)C1(c2ccc(Br)cc2)C=CC=CC1. The molecule has 0 aromatic heterocycles. The average Bonchev–Trinajstić information content (AvgIpc) is 2.30. The molecule has 1 unspecified atom stereocenters. The molecule has 0 saturated carbocycles. The van der Waals surface area contributed by atoms with Gasteiger partial charge in [0.05, 0.1) is 5.41 Å². The van der Waals surface area contributed by atoms with Crippen molar-refractivity contribution in [3.63, 3.8) is 0 Å². The minimum atomic E-state index is -0.463. The van der Waals surface area contributed by atoms with Crippen LogP contribution in [0.4, 0.5) is 0 Å². The molecule has 16 heavy (non-hydrogen) atoms. The lowest BCUT2D eigenvalue weighted by Gasteiger charge is -2.29. The second-order valence-electron chi connectivity index (χ2n) is 4.03. The number of Topliss-reactive ketones (excluding diaryl/α,β-unsaturated/α-hetero) is 1. The summed E-state index contributed by atoms with van der Waals surface area (Å²) in [6.45, 7) is 1.66. The Balaban J connectivity index is 2.48. The van der Waals surface area contributed by atoms with Gasteiger partial charge in [-0.25, -0.2) is 0 Å². The minimum absolute atomic E-state index is 0.190. The van der Waals surface area contributed by atoms with Crippen molar-refractivity contribution in [3.05, 3.63) is 58.6 Å². The number of hydrogen-bond donors (Lipinski definition) is 0. The van der Waals surface area contributed by atoms with E-state index < -0.39 is 5.41 Å². The van der Waals surface area contributed by atoms with Crippen molar-refractivity contribution >= 4 is 21.7 Å². The Morgan fingerprint density at radius 2 is 1.94 bits per heavy atom. The van der Waals surface area contributed by atoms with E-state index in [1.54, 1.807) is 6.92 Å². The van der Waals surface area contributed by atoms with E-state index in [1.165, 1.54) is 0 Å². The first-order valence-electron chi connectivity index (χ1n) is 5.26. The lowest BCUT2D eigenvalue weighted by molar-refractivity contribution is -0.120. The van der Waals surface area contributed by atoms with Gasteiger partial charge in [-0.15, -0.1) is 0 Å². The highest BCUT2D eigenvalue weighted by molar-refractivity contribution is 9.10. The van der Waals surface area contributed by atoms with Crippen LogP contribution >= 0.6 is 15.9 Å². The number of benzene rings is 1. The Bertz CT molecular complexity index is 456. The second kappa shape index (κ2) is 4.38. The number of rotatable bonds is 2. The molecule has 1 aliphatic rings. The molecule has 1 aromatic carbocycles. The Kier molecular flexibility index (Phi) is 3.10. The monoisotopic (exact) mass is 276 g/mol. The molecule has 1 aliphatic carbocycles. The highest BCUT2D eigenvalue weighted by Gasteiger charge is 2.34. The zero-order chi connectivity index (χ0) is 11.6. The molecule has 82 valence electrons. The molecule has 0 saturated heterocycles. The topological polar surface area (TPSA) is 17.1 Å². The van der Waals surface area contributed by atoms with Gasteiger partial charge in [0.2, 0.25) is 0 Å². The van der Waals surface area contributed by atoms with Crippen LogP contribution in [0.15, 0.2) is 53.0 Å². The first-order chi connectivity index (χ1) is 7.65. The lowest BCUT2D eigenvalue weighted by Crippen LogP contribution is -2.32. The lowest BCUT2D eigenvalue weighted by atomic mass is 9.73. The summed E-state index contributed by atoms with van der Waals surface area (Å²) in [6, 6.07) is 7.97. The Hall–Kier alpha value is -1.15. The maximum Gasteiger partial charge on any atom is 0.144 e. The Labute approximate surface area is 104 Å². The fourth-order valence-corrected chi connectivity index (χ4v) is 2.31. The third-order valence-electron chi connectivity index (χ3n) is 3.06. The molecule has 2 heteroatoms. The van der Waals surface area contributed by atoms with E-state index in [0.717, 1.165) is 16.5 Å². The van der Waals surface area contributed by atoms with Crippen LogP contribution in [0, 0.1) is 0 Å². The van der Waals surface area contributed by atoms with Crippen molar-refractivity contribution in [1.29, 1.82) is 0 Å². The van der Waals surface area contributed by atoms with Gasteiger partial charge in [-0.05, 0) is 31.0 Å². The molecule has 1 atom stereocenters. The van der Waals surface area contributed by atoms with Gasteiger partial charge in [0.1, 0.15) is 5.78 Å². The maximum atomic E-state index is 11.9. The molecule has 0 heterocycles. The standard InChI is InChI=1S/C14H13BrO/c1-11(16)14(9-3-2-4-10-14)12-5-7-13(15)8-6-12/h2-9H,10H2,1H3. The molecule has 1 aromatic rings. The molecule has 0 aliphatic heterocycles. The smallest absolute Gasteiger partial charge is 0.144 e. The van der Waals surface area contributed by atoms with E-state index in [1.807, 2.05) is 48.6 Å². The zero-order valence-corrected chi connectivity index (χ0v) is 10.7. The van der Waals surface area contributed by atoms with Crippen LogP contribution in [0.3, 0.4) is 0 Å². The summed E-state index contributed by atoms with van der Waals surface area (Å²) in [7, 11) is 0. The van der Waals surface area contributed by atoms with E-state index in [4.69, 9.17) is 0 Å². The summed E-state index contributed by atoms with van der Waals surface area (Å²) in [6.07, 6.45) is 8.73. The van der Waals surface area contributed by atoms with Crippen LogP contribution in [0.25, 0.3) is 0 Å². The first kappa shape index (κ1) is 11.3. The third kappa shape index (κ3) is 1.90. The quantitative estimate of drug-likeness (QED) is 0.803. The fraction of sp³-hybridized carbons (Fsp3) is 0.214. The van der Waals surface area contributed by atoms with Crippen molar-refractivity contribution in [2.75, 3.05) is 0 Å². The zero-order valence-electron chi connectivity index (χ0n) is 9.11. The Morgan fingerprint density at radius 3 is 2.44 bits per heavy atom. The van der Waals surface area contributed by atoms with Gasteiger partial charge < -0.3 is 0 Å². The van der Waals surface area contributed by atoms with Crippen LogP contribution in [-0.4, -0.2) is 5.78 Å². The number of hydrogen-bond acceptors (Lipinski definition) is 1. The largest absolute Gasteiger partial charge is 0.299 e. The molecule has 2 rings (SSSR count). The summed E-state index contributed by atoms with van der Waals surface area (Å²) >= 11 is 3.41. The van der Waals surface area contributed by atoms with E-state index in [9.17, 15) is 4.79 Å². The highest BCUT2D eigenvalue weighted by atomic mass is 79.9. The number of halogens is 1. The molecular weight excluding hydrogens is 264 g/mol. The predicted molar refractivity (Wildman–Crippen MR) is 69.4 cm³/mol. The van der Waals surface area contributed by atoms with Crippen LogP contribution < -0.4 is 0 Å². The van der Waals surface area contributed by atoms with Gasteiger partial charge in [-0.2, -0.15) is 0 Å². The summed E-state index contributed by atoms with van der Waals surface area (Å²) in [5, 5.41) is 0. The molecule has 0 bridgehead atoms.